The molecular weight excluding hydrogens is 243 g/mol. The van der Waals surface area contributed by atoms with Crippen molar-refractivity contribution in [2.75, 3.05) is 0 Å². The number of imidazole rings is 1. The molecule has 90 valence electrons. The number of nitrogens with one attached hydrogen (secondary N) is 1. The molecular formula is C12H6F3N3. The molecule has 18 heavy (non-hydrogen) atoms. The number of hydrogen-bond donors (Lipinski definition) is 1. The van der Waals surface area contributed by atoms with Gasteiger partial charge in [-0.2, -0.15) is 0 Å². The zero-order chi connectivity index (χ0) is 12.7. The highest BCUT2D eigenvalue weighted by Gasteiger charge is 2.09. The number of rotatable bonds is 1. The minimum atomic E-state index is -0.966. The van der Waals surface area contributed by atoms with Gasteiger partial charge in [0.25, 0.3) is 0 Å². The average molecular weight is 249 g/mol. The van der Waals surface area contributed by atoms with Gasteiger partial charge >= 0.3 is 0 Å². The highest BCUT2D eigenvalue weighted by atomic mass is 19.2. The molecule has 0 bridgehead atoms. The third-order valence-corrected chi connectivity index (χ3v) is 2.50. The Hall–Kier alpha value is -2.37. The van der Waals surface area contributed by atoms with Gasteiger partial charge in [-0.05, 0) is 18.2 Å². The van der Waals surface area contributed by atoms with Crippen LogP contribution in [0.15, 0.2) is 30.5 Å². The summed E-state index contributed by atoms with van der Waals surface area (Å²) in [5, 5.41) is 0. The first-order valence-electron chi connectivity index (χ1n) is 5.10. The third-order valence-electron chi connectivity index (χ3n) is 2.50. The Balaban J connectivity index is 2.16. The lowest BCUT2D eigenvalue weighted by atomic mass is 10.2. The number of pyridine rings is 1. The highest BCUT2D eigenvalue weighted by Crippen LogP contribution is 2.21. The Bertz CT molecular complexity index is 737. The van der Waals surface area contributed by atoms with Crippen molar-refractivity contribution < 1.29 is 13.2 Å². The standard InChI is InChI=1S/C12H6F3N3/c13-7-4-10-12(16-5-7)18-11(17-10)6-1-2-8(14)9(15)3-6/h1-5H,(H,16,17,18). The molecule has 3 nitrogen and oxygen atoms in total. The van der Waals surface area contributed by atoms with Crippen LogP contribution in [0, 0.1) is 17.5 Å². The van der Waals surface area contributed by atoms with Crippen LogP contribution < -0.4 is 0 Å². The molecule has 0 amide bonds. The van der Waals surface area contributed by atoms with Gasteiger partial charge in [0.1, 0.15) is 11.6 Å². The summed E-state index contributed by atoms with van der Waals surface area (Å²) in [6.07, 6.45) is 1.04. The lowest BCUT2D eigenvalue weighted by molar-refractivity contribution is 0.509. The number of aromatic nitrogens is 3. The van der Waals surface area contributed by atoms with Crippen LogP contribution in [0.25, 0.3) is 22.6 Å². The molecule has 2 heterocycles. The van der Waals surface area contributed by atoms with Crippen molar-refractivity contribution in [3.05, 3.63) is 47.9 Å². The van der Waals surface area contributed by atoms with Gasteiger partial charge in [-0.1, -0.05) is 0 Å². The number of fused-ring (bicyclic) bond motifs is 1. The molecule has 0 spiro atoms. The fraction of sp³-hybridized carbons (Fsp3) is 0. The molecule has 1 aromatic carbocycles. The van der Waals surface area contributed by atoms with Gasteiger partial charge in [-0.3, -0.25) is 0 Å². The molecule has 3 rings (SSSR count). The first-order chi connectivity index (χ1) is 8.63. The molecule has 0 atom stereocenters. The van der Waals surface area contributed by atoms with Crippen molar-refractivity contribution in [2.24, 2.45) is 0 Å². The summed E-state index contributed by atoms with van der Waals surface area (Å²) in [6, 6.07) is 4.64. The van der Waals surface area contributed by atoms with Crippen LogP contribution in [-0.2, 0) is 0 Å². The summed E-state index contributed by atoms with van der Waals surface area (Å²) in [6.45, 7) is 0. The molecule has 0 radical (unpaired) electrons. The van der Waals surface area contributed by atoms with Gasteiger partial charge < -0.3 is 4.98 Å². The van der Waals surface area contributed by atoms with Crippen molar-refractivity contribution in [1.82, 2.24) is 15.0 Å². The summed E-state index contributed by atoms with van der Waals surface area (Å²) in [4.78, 5) is 10.7. The Morgan fingerprint density at radius 2 is 1.83 bits per heavy atom. The first-order valence-corrected chi connectivity index (χ1v) is 5.10. The van der Waals surface area contributed by atoms with Gasteiger partial charge in [0.05, 0.1) is 11.7 Å². The van der Waals surface area contributed by atoms with E-state index in [-0.39, 0.29) is 0 Å². The molecule has 6 heteroatoms. The smallest absolute Gasteiger partial charge is 0.178 e. The average Bonchev–Trinajstić information content (AvgIpc) is 2.75. The van der Waals surface area contributed by atoms with Gasteiger partial charge in [0.15, 0.2) is 17.3 Å². The zero-order valence-electron chi connectivity index (χ0n) is 8.92. The molecule has 3 aromatic rings. The lowest BCUT2D eigenvalue weighted by Gasteiger charge is -1.97. The van der Waals surface area contributed by atoms with Crippen LogP contribution in [0.3, 0.4) is 0 Å². The van der Waals surface area contributed by atoms with Gasteiger partial charge in [-0.25, -0.2) is 23.1 Å². The second-order valence-electron chi connectivity index (χ2n) is 3.74. The van der Waals surface area contributed by atoms with Crippen molar-refractivity contribution >= 4 is 11.2 Å². The summed E-state index contributed by atoms with van der Waals surface area (Å²) in [7, 11) is 0. The summed E-state index contributed by atoms with van der Waals surface area (Å²) in [5.74, 6) is -2.09. The molecule has 0 saturated carbocycles. The zero-order valence-corrected chi connectivity index (χ0v) is 8.92. The van der Waals surface area contributed by atoms with E-state index in [9.17, 15) is 13.2 Å². The molecule has 0 saturated heterocycles. The van der Waals surface area contributed by atoms with E-state index in [0.29, 0.717) is 22.6 Å². The predicted molar refractivity (Wildman–Crippen MR) is 59.2 cm³/mol. The number of halogens is 3. The molecule has 0 aliphatic heterocycles. The van der Waals surface area contributed by atoms with Gasteiger partial charge in [-0.15, -0.1) is 0 Å². The van der Waals surface area contributed by atoms with E-state index < -0.39 is 17.5 Å². The van der Waals surface area contributed by atoms with Crippen molar-refractivity contribution in [1.29, 1.82) is 0 Å². The Morgan fingerprint density at radius 1 is 1.00 bits per heavy atom. The Labute approximate surface area is 99.3 Å². The van der Waals surface area contributed by atoms with Crippen LogP contribution in [0.5, 0.6) is 0 Å². The summed E-state index contributed by atoms with van der Waals surface area (Å²) < 4.78 is 38.8. The molecule has 2 aromatic heterocycles. The van der Waals surface area contributed by atoms with Gasteiger partial charge in [0.2, 0.25) is 0 Å². The number of hydrogen-bond acceptors (Lipinski definition) is 2. The fourth-order valence-corrected chi connectivity index (χ4v) is 1.65. The van der Waals surface area contributed by atoms with Crippen molar-refractivity contribution in [3.63, 3.8) is 0 Å². The maximum absolute atomic E-state index is 13.1. The minimum Gasteiger partial charge on any atom is -0.336 e. The van der Waals surface area contributed by atoms with Crippen LogP contribution in [0.2, 0.25) is 0 Å². The first kappa shape index (κ1) is 10.8. The monoisotopic (exact) mass is 249 g/mol. The molecule has 1 N–H and O–H groups in total. The largest absolute Gasteiger partial charge is 0.336 e. The van der Waals surface area contributed by atoms with Gasteiger partial charge in [0, 0.05) is 11.6 Å². The maximum Gasteiger partial charge on any atom is 0.178 e. The number of aromatic amines is 1. The van der Waals surface area contributed by atoms with Crippen LogP contribution in [0.4, 0.5) is 13.2 Å². The van der Waals surface area contributed by atoms with E-state index in [1.165, 1.54) is 12.1 Å². The van der Waals surface area contributed by atoms with E-state index in [1.807, 2.05) is 0 Å². The van der Waals surface area contributed by atoms with E-state index >= 15 is 0 Å². The topological polar surface area (TPSA) is 41.6 Å². The van der Waals surface area contributed by atoms with E-state index in [0.717, 1.165) is 18.3 Å². The van der Waals surface area contributed by atoms with Crippen molar-refractivity contribution in [3.8, 4) is 11.4 Å². The number of H-pyrrole nitrogens is 1. The highest BCUT2D eigenvalue weighted by molar-refractivity contribution is 5.75. The SMILES string of the molecule is Fc1cnc2nc(-c3ccc(F)c(F)c3)[nH]c2c1. The van der Waals surface area contributed by atoms with Crippen LogP contribution in [0.1, 0.15) is 0 Å². The molecule has 0 aliphatic rings. The summed E-state index contributed by atoms with van der Waals surface area (Å²) in [5.41, 5.74) is 1.08. The van der Waals surface area contributed by atoms with Crippen LogP contribution in [-0.4, -0.2) is 15.0 Å². The fourth-order valence-electron chi connectivity index (χ4n) is 1.65. The summed E-state index contributed by atoms with van der Waals surface area (Å²) >= 11 is 0. The predicted octanol–water partition coefficient (Wildman–Crippen LogP) is 3.04. The van der Waals surface area contributed by atoms with Crippen molar-refractivity contribution in [2.45, 2.75) is 0 Å². The number of benzene rings is 1. The molecule has 0 unspecified atom stereocenters. The minimum absolute atomic E-state index is 0.307. The molecule has 0 aliphatic carbocycles. The van der Waals surface area contributed by atoms with E-state index in [1.54, 1.807) is 0 Å². The quantitative estimate of drug-likeness (QED) is 0.720. The Morgan fingerprint density at radius 3 is 2.61 bits per heavy atom. The Kier molecular flexibility index (Phi) is 2.29. The number of nitrogens with zero attached hydrogens (tertiary/aromatic N) is 2. The van der Waals surface area contributed by atoms with E-state index in [4.69, 9.17) is 0 Å². The van der Waals surface area contributed by atoms with E-state index in [2.05, 4.69) is 15.0 Å². The lowest BCUT2D eigenvalue weighted by Crippen LogP contribution is -1.86. The second kappa shape index (κ2) is 3.83. The maximum atomic E-state index is 13.1. The second-order valence-corrected chi connectivity index (χ2v) is 3.74. The third kappa shape index (κ3) is 1.71. The normalized spacial score (nSPS) is 11.1. The molecule has 0 fully saturated rings. The van der Waals surface area contributed by atoms with Crippen LogP contribution >= 0.6 is 0 Å².